The summed E-state index contributed by atoms with van der Waals surface area (Å²) in [4.78, 5) is 24.4. The summed E-state index contributed by atoms with van der Waals surface area (Å²) in [7, 11) is 2.97. The van der Waals surface area contributed by atoms with Gasteiger partial charge in [0.15, 0.2) is 0 Å². The summed E-state index contributed by atoms with van der Waals surface area (Å²) >= 11 is 0. The highest BCUT2D eigenvalue weighted by molar-refractivity contribution is 5.37. The zero-order chi connectivity index (χ0) is 32.0. The molecule has 4 rings (SSSR count). The minimum atomic E-state index is -0.755. The smallest absolute Gasteiger partial charge is 0.270 e. The number of benzene rings is 2. The maximum absolute atomic E-state index is 14.4. The van der Waals surface area contributed by atoms with Crippen molar-refractivity contribution >= 4 is 0 Å². The molecule has 0 saturated heterocycles. The molecule has 0 aliphatic heterocycles. The Morgan fingerprint density at radius 3 is 1.79 bits per heavy atom. The normalized spacial score (nSPS) is 11.9. The van der Waals surface area contributed by atoms with Gasteiger partial charge in [-0.2, -0.15) is 0 Å². The lowest BCUT2D eigenvalue weighted by molar-refractivity contribution is 0.0874. The van der Waals surface area contributed by atoms with Crippen LogP contribution in [0.5, 0.6) is 11.5 Å². The first kappa shape index (κ1) is 33.4. The minimum Gasteiger partial charge on any atom is -0.497 e. The van der Waals surface area contributed by atoms with Crippen molar-refractivity contribution in [3.05, 3.63) is 102 Å². The number of halogens is 2. The van der Waals surface area contributed by atoms with Gasteiger partial charge in [0, 0.05) is 59.8 Å². The summed E-state index contributed by atoms with van der Waals surface area (Å²) in [5.41, 5.74) is 3.02. The number of hydrogen-bond donors (Lipinski definition) is 2. The molecule has 11 heteroatoms. The van der Waals surface area contributed by atoms with Gasteiger partial charge in [-0.25, -0.2) is 8.78 Å². The van der Waals surface area contributed by atoms with Crippen molar-refractivity contribution < 1.29 is 23.0 Å². The fourth-order valence-electron chi connectivity index (χ4n) is 5.00. The van der Waals surface area contributed by atoms with Gasteiger partial charge in [-0.15, -0.1) is 0 Å². The van der Waals surface area contributed by atoms with Gasteiger partial charge in [0.2, 0.25) is 0 Å². The summed E-state index contributed by atoms with van der Waals surface area (Å²) in [6, 6.07) is 9.49. The van der Waals surface area contributed by atoms with E-state index >= 15 is 0 Å². The Balaban J connectivity index is 0.000000238. The molecule has 0 saturated carbocycles. The molecule has 2 aromatic heterocycles. The van der Waals surface area contributed by atoms with E-state index in [9.17, 15) is 18.4 Å². The first-order valence-electron chi connectivity index (χ1n) is 14.2. The van der Waals surface area contributed by atoms with Crippen LogP contribution in [0.3, 0.4) is 0 Å². The Hall–Kier alpha value is -4.12. The third-order valence-corrected chi connectivity index (χ3v) is 7.26. The Labute approximate surface area is 250 Å². The van der Waals surface area contributed by atoms with E-state index in [0.717, 1.165) is 11.4 Å². The van der Waals surface area contributed by atoms with Crippen LogP contribution in [0.25, 0.3) is 0 Å². The fraction of sp³-hybridized carbons (Fsp3) is 0.438. The molecule has 9 nitrogen and oxygen atoms in total. The molecule has 43 heavy (non-hydrogen) atoms. The van der Waals surface area contributed by atoms with Crippen molar-refractivity contribution in [3.63, 3.8) is 0 Å². The van der Waals surface area contributed by atoms with Gasteiger partial charge in [-0.3, -0.25) is 29.2 Å². The Morgan fingerprint density at radius 2 is 1.33 bits per heavy atom. The number of aromatic nitrogens is 4. The Kier molecular flexibility index (Phi) is 11.2. The molecular formula is C32H42F2N4O5. The molecule has 0 amide bonds. The third-order valence-electron chi connectivity index (χ3n) is 7.26. The molecule has 1 unspecified atom stereocenters. The summed E-state index contributed by atoms with van der Waals surface area (Å²) < 4.78 is 47.7. The number of H-pyrrole nitrogens is 2. The van der Waals surface area contributed by atoms with E-state index in [1.165, 1.54) is 26.4 Å². The lowest BCUT2D eigenvalue weighted by atomic mass is 10.0. The standard InChI is InChI=1S/C17H23FN2O3.C15H19FN2O2/c1-6-23-16(13-8-7-12(22-5)9-14(13)18)15-11(4)20(10(2)3)19-17(15)21;1-9(2)18-10(3)13(15(19)17-18)7-11-5-6-12(20-4)8-14(11)16/h7-10,16H,6H2,1-5H3,(H,19,21);5-6,8-9H,7H2,1-4H3,(H,17,19). The molecule has 2 aromatic carbocycles. The zero-order valence-electron chi connectivity index (χ0n) is 26.3. The average Bonchev–Trinajstić information content (AvgIpc) is 3.42. The van der Waals surface area contributed by atoms with Crippen LogP contribution in [0.2, 0.25) is 0 Å². The monoisotopic (exact) mass is 600 g/mol. The maximum Gasteiger partial charge on any atom is 0.270 e. The first-order valence-corrected chi connectivity index (χ1v) is 14.2. The van der Waals surface area contributed by atoms with E-state index in [0.29, 0.717) is 40.4 Å². The summed E-state index contributed by atoms with van der Waals surface area (Å²) in [6.07, 6.45) is -0.480. The van der Waals surface area contributed by atoms with Gasteiger partial charge < -0.3 is 14.2 Å². The predicted octanol–water partition coefficient (Wildman–Crippen LogP) is 6.14. The van der Waals surface area contributed by atoms with Crippen LogP contribution in [0.15, 0.2) is 46.0 Å². The van der Waals surface area contributed by atoms with E-state index in [-0.39, 0.29) is 35.4 Å². The highest BCUT2D eigenvalue weighted by Crippen LogP contribution is 2.31. The van der Waals surface area contributed by atoms with Gasteiger partial charge in [0.25, 0.3) is 11.1 Å². The predicted molar refractivity (Wildman–Crippen MR) is 163 cm³/mol. The van der Waals surface area contributed by atoms with Crippen molar-refractivity contribution in [3.8, 4) is 11.5 Å². The molecule has 0 fully saturated rings. The molecule has 0 bridgehead atoms. The van der Waals surface area contributed by atoms with Crippen LogP contribution >= 0.6 is 0 Å². The molecule has 0 aliphatic carbocycles. The second-order valence-electron chi connectivity index (χ2n) is 10.7. The number of nitrogens with zero attached hydrogens (tertiary/aromatic N) is 2. The van der Waals surface area contributed by atoms with Crippen LogP contribution in [0.4, 0.5) is 8.78 Å². The van der Waals surface area contributed by atoms with E-state index < -0.39 is 11.9 Å². The lowest BCUT2D eigenvalue weighted by Gasteiger charge is -2.18. The van der Waals surface area contributed by atoms with E-state index in [2.05, 4.69) is 10.2 Å². The molecule has 0 spiro atoms. The largest absolute Gasteiger partial charge is 0.497 e. The molecule has 4 aromatic rings. The number of ether oxygens (including phenoxy) is 3. The second kappa shape index (κ2) is 14.4. The van der Waals surface area contributed by atoms with E-state index in [4.69, 9.17) is 14.2 Å². The van der Waals surface area contributed by atoms with Crippen molar-refractivity contribution in [1.82, 2.24) is 19.6 Å². The highest BCUT2D eigenvalue weighted by Gasteiger charge is 2.26. The summed E-state index contributed by atoms with van der Waals surface area (Å²) in [6.45, 7) is 13.8. The SMILES string of the molecule is CCOC(c1ccc(OC)cc1F)c1c(C)n(C(C)C)[nH]c1=O.COc1ccc(Cc2c(C)n(C(C)C)[nH]c2=O)c(F)c1. The highest BCUT2D eigenvalue weighted by atomic mass is 19.1. The second-order valence-corrected chi connectivity index (χ2v) is 10.7. The summed E-state index contributed by atoms with van der Waals surface area (Å²) in [5, 5.41) is 5.59. The number of nitrogens with one attached hydrogen (secondary N) is 2. The summed E-state index contributed by atoms with van der Waals surface area (Å²) in [5.74, 6) is 0.0721. The average molecular weight is 601 g/mol. The number of aromatic amines is 2. The maximum atomic E-state index is 14.4. The van der Waals surface area contributed by atoms with Crippen LogP contribution in [-0.4, -0.2) is 40.4 Å². The molecule has 234 valence electrons. The van der Waals surface area contributed by atoms with E-state index in [1.807, 2.05) is 48.5 Å². The topological polar surface area (TPSA) is 103 Å². The Morgan fingerprint density at radius 1 is 0.791 bits per heavy atom. The zero-order valence-corrected chi connectivity index (χ0v) is 26.3. The third kappa shape index (κ3) is 7.45. The van der Waals surface area contributed by atoms with Crippen molar-refractivity contribution in [2.75, 3.05) is 20.8 Å². The lowest BCUT2D eigenvalue weighted by Crippen LogP contribution is -2.17. The number of rotatable bonds is 10. The van der Waals surface area contributed by atoms with Gasteiger partial charge in [0.1, 0.15) is 29.2 Å². The van der Waals surface area contributed by atoms with Crippen molar-refractivity contribution in [2.45, 2.75) is 73.1 Å². The van der Waals surface area contributed by atoms with Crippen molar-refractivity contribution in [1.29, 1.82) is 0 Å². The van der Waals surface area contributed by atoms with Crippen LogP contribution < -0.4 is 20.6 Å². The van der Waals surface area contributed by atoms with Crippen molar-refractivity contribution in [2.24, 2.45) is 0 Å². The van der Waals surface area contributed by atoms with Crippen LogP contribution in [-0.2, 0) is 11.2 Å². The number of hydrogen-bond acceptors (Lipinski definition) is 5. The Bertz CT molecular complexity index is 1650. The van der Waals surface area contributed by atoms with Crippen LogP contribution in [0, 0.1) is 25.5 Å². The molecule has 2 N–H and O–H groups in total. The van der Waals surface area contributed by atoms with Gasteiger partial charge in [-0.1, -0.05) is 6.07 Å². The molecule has 1 atom stereocenters. The fourth-order valence-corrected chi connectivity index (χ4v) is 5.00. The molecular weight excluding hydrogens is 558 g/mol. The van der Waals surface area contributed by atoms with Gasteiger partial charge in [0.05, 0.1) is 19.8 Å². The first-order chi connectivity index (χ1) is 20.3. The van der Waals surface area contributed by atoms with Gasteiger partial charge in [-0.05, 0) is 72.2 Å². The van der Waals surface area contributed by atoms with Gasteiger partial charge >= 0.3 is 0 Å². The number of methoxy groups -OCH3 is 2. The van der Waals surface area contributed by atoms with E-state index in [1.54, 1.807) is 33.6 Å². The minimum absolute atomic E-state index is 0.0967. The quantitative estimate of drug-likeness (QED) is 0.228. The molecule has 0 radical (unpaired) electrons. The molecule has 0 aliphatic rings. The van der Waals surface area contributed by atoms with Crippen LogP contribution in [0.1, 0.15) is 86.4 Å². The molecule has 2 heterocycles.